The highest BCUT2D eigenvalue weighted by Crippen LogP contribution is 2.42. The van der Waals surface area contributed by atoms with Crippen LogP contribution in [-0.4, -0.2) is 51.0 Å². The lowest BCUT2D eigenvalue weighted by atomic mass is 9.88. The van der Waals surface area contributed by atoms with Gasteiger partial charge in [0, 0.05) is 29.1 Å². The standard InChI is InChI=1S/C28H30Cl2N4O4/c1-2-20-16-18(13-14-33(20)28(36)37)27(35)31-22-7-5-15-38-26-24(22)32-34(23-8-4-3-6-21(23)30)25(26)17-9-11-19(29)12-10-17/h3-4,6,8-12,18,20,22H,2,5,7,13-16H2,1H3,(H,31,35)(H,36,37). The number of amides is 2. The fourth-order valence-corrected chi connectivity index (χ4v) is 5.75. The Labute approximate surface area is 231 Å². The van der Waals surface area contributed by atoms with Gasteiger partial charge in [-0.15, -0.1) is 0 Å². The molecule has 3 atom stereocenters. The van der Waals surface area contributed by atoms with Gasteiger partial charge >= 0.3 is 6.09 Å². The molecule has 0 bridgehead atoms. The van der Waals surface area contributed by atoms with E-state index in [-0.39, 0.29) is 23.9 Å². The van der Waals surface area contributed by atoms with E-state index in [4.69, 9.17) is 33.0 Å². The van der Waals surface area contributed by atoms with E-state index in [0.717, 1.165) is 17.7 Å². The largest absolute Gasteiger partial charge is 0.489 e. The van der Waals surface area contributed by atoms with Crippen LogP contribution in [0.4, 0.5) is 4.79 Å². The van der Waals surface area contributed by atoms with Crippen LogP contribution in [0, 0.1) is 5.92 Å². The number of nitrogens with one attached hydrogen (secondary N) is 1. The van der Waals surface area contributed by atoms with E-state index in [9.17, 15) is 14.7 Å². The zero-order valence-electron chi connectivity index (χ0n) is 21.1. The van der Waals surface area contributed by atoms with E-state index in [1.54, 1.807) is 4.68 Å². The average molecular weight is 557 g/mol. The molecule has 10 heteroatoms. The van der Waals surface area contributed by atoms with Crippen molar-refractivity contribution in [1.82, 2.24) is 20.0 Å². The van der Waals surface area contributed by atoms with E-state index in [0.29, 0.717) is 66.0 Å². The summed E-state index contributed by atoms with van der Waals surface area (Å²) in [4.78, 5) is 26.5. The van der Waals surface area contributed by atoms with Gasteiger partial charge in [0.25, 0.3) is 0 Å². The number of fused-ring (bicyclic) bond motifs is 1. The summed E-state index contributed by atoms with van der Waals surface area (Å²) in [5.74, 6) is 0.276. The zero-order chi connectivity index (χ0) is 26.8. The topological polar surface area (TPSA) is 96.7 Å². The highest BCUT2D eigenvalue weighted by Gasteiger charge is 2.36. The van der Waals surface area contributed by atoms with Gasteiger partial charge in [0.1, 0.15) is 11.4 Å². The summed E-state index contributed by atoms with van der Waals surface area (Å²) in [5.41, 5.74) is 2.96. The Kier molecular flexibility index (Phi) is 7.81. The van der Waals surface area contributed by atoms with Gasteiger partial charge in [-0.2, -0.15) is 5.10 Å². The molecule has 0 aliphatic carbocycles. The summed E-state index contributed by atoms with van der Waals surface area (Å²) >= 11 is 12.8. The van der Waals surface area contributed by atoms with Crippen molar-refractivity contribution in [3.63, 3.8) is 0 Å². The Morgan fingerprint density at radius 3 is 2.61 bits per heavy atom. The van der Waals surface area contributed by atoms with E-state index in [2.05, 4.69) is 5.32 Å². The van der Waals surface area contributed by atoms with Crippen LogP contribution < -0.4 is 10.1 Å². The number of aromatic nitrogens is 2. The van der Waals surface area contributed by atoms with Gasteiger partial charge in [-0.25, -0.2) is 9.48 Å². The molecule has 1 aromatic heterocycles. The summed E-state index contributed by atoms with van der Waals surface area (Å²) in [6, 6.07) is 14.4. The van der Waals surface area contributed by atoms with Crippen molar-refractivity contribution in [3.8, 4) is 22.7 Å². The van der Waals surface area contributed by atoms with Crippen molar-refractivity contribution in [2.24, 2.45) is 5.92 Å². The van der Waals surface area contributed by atoms with E-state index in [1.807, 2.05) is 55.5 Å². The Bertz CT molecular complexity index is 1330. The molecule has 5 rings (SSSR count). The van der Waals surface area contributed by atoms with Crippen LogP contribution in [-0.2, 0) is 4.79 Å². The first kappa shape index (κ1) is 26.4. The quantitative estimate of drug-likeness (QED) is 0.382. The van der Waals surface area contributed by atoms with E-state index >= 15 is 0 Å². The lowest BCUT2D eigenvalue weighted by Crippen LogP contribution is -2.48. The first-order chi connectivity index (χ1) is 18.4. The molecule has 1 fully saturated rings. The number of para-hydroxylation sites is 1. The summed E-state index contributed by atoms with van der Waals surface area (Å²) in [6.45, 7) is 2.80. The number of hydrogen-bond acceptors (Lipinski definition) is 4. The molecule has 2 aromatic carbocycles. The second-order valence-electron chi connectivity index (χ2n) is 9.74. The fraction of sp³-hybridized carbons (Fsp3) is 0.393. The molecule has 1 saturated heterocycles. The lowest BCUT2D eigenvalue weighted by molar-refractivity contribution is -0.127. The number of benzene rings is 2. The molecular weight excluding hydrogens is 527 g/mol. The van der Waals surface area contributed by atoms with E-state index < -0.39 is 6.09 Å². The summed E-state index contributed by atoms with van der Waals surface area (Å²) in [6.07, 6.45) is 2.17. The molecule has 2 aliphatic rings. The van der Waals surface area contributed by atoms with Crippen LogP contribution in [0.2, 0.25) is 10.0 Å². The smallest absolute Gasteiger partial charge is 0.407 e. The number of halogens is 2. The van der Waals surface area contributed by atoms with Gasteiger partial charge in [-0.1, -0.05) is 54.4 Å². The van der Waals surface area contributed by atoms with Gasteiger partial charge in [0.15, 0.2) is 5.75 Å². The number of carbonyl (C=O) groups excluding carboxylic acids is 1. The fourth-order valence-electron chi connectivity index (χ4n) is 5.41. The molecule has 2 aliphatic heterocycles. The number of rotatable bonds is 5. The third-order valence-corrected chi connectivity index (χ3v) is 7.97. The first-order valence-electron chi connectivity index (χ1n) is 12.9. The second kappa shape index (κ2) is 11.3. The van der Waals surface area contributed by atoms with Crippen LogP contribution in [0.3, 0.4) is 0 Å². The van der Waals surface area contributed by atoms with Gasteiger partial charge in [-0.05, 0) is 56.4 Å². The molecular formula is C28H30Cl2N4O4. The van der Waals surface area contributed by atoms with E-state index in [1.165, 1.54) is 4.90 Å². The maximum Gasteiger partial charge on any atom is 0.407 e. The zero-order valence-corrected chi connectivity index (χ0v) is 22.6. The van der Waals surface area contributed by atoms with Gasteiger partial charge < -0.3 is 20.1 Å². The van der Waals surface area contributed by atoms with Crippen molar-refractivity contribution < 1.29 is 19.4 Å². The molecule has 200 valence electrons. The minimum absolute atomic E-state index is 0.0772. The highest BCUT2D eigenvalue weighted by molar-refractivity contribution is 6.32. The van der Waals surface area contributed by atoms with Crippen LogP contribution in [0.1, 0.15) is 50.8 Å². The Balaban J connectivity index is 1.50. The summed E-state index contributed by atoms with van der Waals surface area (Å²) in [5, 5.41) is 18.8. The van der Waals surface area contributed by atoms with Gasteiger partial charge in [0.2, 0.25) is 5.91 Å². The van der Waals surface area contributed by atoms with Crippen molar-refractivity contribution in [2.75, 3.05) is 13.2 Å². The average Bonchev–Trinajstić information content (AvgIpc) is 3.18. The van der Waals surface area contributed by atoms with Crippen LogP contribution in [0.25, 0.3) is 16.9 Å². The first-order valence-corrected chi connectivity index (χ1v) is 13.7. The molecule has 2 N–H and O–H groups in total. The minimum atomic E-state index is -0.930. The SMILES string of the molecule is CCC1CC(C(=O)NC2CCCOc3c2nn(-c2ccccc2Cl)c3-c2ccc(Cl)cc2)CCN1C(=O)O. The Morgan fingerprint density at radius 1 is 1.13 bits per heavy atom. The third-order valence-electron chi connectivity index (χ3n) is 7.40. The number of likely N-dealkylation sites (tertiary alicyclic amines) is 1. The highest BCUT2D eigenvalue weighted by atomic mass is 35.5. The molecule has 2 amide bonds. The monoisotopic (exact) mass is 556 g/mol. The lowest BCUT2D eigenvalue weighted by Gasteiger charge is -2.37. The minimum Gasteiger partial charge on any atom is -0.489 e. The van der Waals surface area contributed by atoms with Crippen LogP contribution in [0.5, 0.6) is 5.75 Å². The summed E-state index contributed by atoms with van der Waals surface area (Å²) in [7, 11) is 0. The Hall–Kier alpha value is -3.23. The molecule has 3 aromatic rings. The number of piperidine rings is 1. The Morgan fingerprint density at radius 2 is 1.89 bits per heavy atom. The second-order valence-corrected chi connectivity index (χ2v) is 10.6. The van der Waals surface area contributed by atoms with Crippen molar-refractivity contribution in [1.29, 1.82) is 0 Å². The molecule has 0 spiro atoms. The van der Waals surface area contributed by atoms with Crippen LogP contribution in [0.15, 0.2) is 48.5 Å². The van der Waals surface area contributed by atoms with Crippen molar-refractivity contribution in [3.05, 3.63) is 64.3 Å². The molecule has 3 heterocycles. The number of carbonyl (C=O) groups is 2. The van der Waals surface area contributed by atoms with Gasteiger partial charge in [0.05, 0.1) is 23.4 Å². The number of hydrogen-bond donors (Lipinski definition) is 2. The molecule has 8 nitrogen and oxygen atoms in total. The number of nitrogens with zero attached hydrogens (tertiary/aromatic N) is 3. The maximum atomic E-state index is 13.5. The van der Waals surface area contributed by atoms with Crippen molar-refractivity contribution >= 4 is 35.2 Å². The summed E-state index contributed by atoms with van der Waals surface area (Å²) < 4.78 is 8.03. The number of ether oxygens (including phenoxy) is 1. The predicted octanol–water partition coefficient (Wildman–Crippen LogP) is 6.34. The molecule has 38 heavy (non-hydrogen) atoms. The number of carboxylic acid groups (broad SMARTS) is 1. The maximum absolute atomic E-state index is 13.5. The van der Waals surface area contributed by atoms with Gasteiger partial charge in [-0.3, -0.25) is 4.79 Å². The normalized spacial score (nSPS) is 21.2. The molecule has 0 radical (unpaired) electrons. The third kappa shape index (κ3) is 5.20. The molecule has 0 saturated carbocycles. The molecule has 3 unspecified atom stereocenters. The van der Waals surface area contributed by atoms with Crippen molar-refractivity contribution in [2.45, 2.75) is 51.1 Å². The van der Waals surface area contributed by atoms with Crippen LogP contribution >= 0.6 is 23.2 Å². The predicted molar refractivity (Wildman–Crippen MR) is 146 cm³/mol.